The van der Waals surface area contributed by atoms with E-state index >= 15 is 0 Å². The molecule has 0 saturated carbocycles. The summed E-state index contributed by atoms with van der Waals surface area (Å²) in [4.78, 5) is 37.1. The fourth-order valence-corrected chi connectivity index (χ4v) is 6.19. The molecule has 0 N–H and O–H groups in total. The van der Waals surface area contributed by atoms with Crippen LogP contribution in [-0.4, -0.2) is 21.0 Å². The Bertz CT molecular complexity index is 1270. The Balaban J connectivity index is 1.48. The van der Waals surface area contributed by atoms with Crippen molar-refractivity contribution in [3.8, 4) is 5.75 Å². The number of amides is 2. The number of ether oxygens (including phenoxy) is 1. The van der Waals surface area contributed by atoms with Gasteiger partial charge < -0.3 is 4.74 Å². The molecular formula is C24H16I2N2O5S. The van der Waals surface area contributed by atoms with Crippen LogP contribution in [0, 0.1) is 17.3 Å². The average molecular weight is 698 g/mol. The number of halogens is 2. The monoisotopic (exact) mass is 698 g/mol. The first-order chi connectivity index (χ1) is 16.3. The first-order valence-corrected chi connectivity index (χ1v) is 12.9. The smallest absolute Gasteiger partial charge is 0.293 e. The second kappa shape index (κ2) is 10.9. The molecule has 172 valence electrons. The molecule has 0 unspecified atom stereocenters. The van der Waals surface area contributed by atoms with Crippen molar-refractivity contribution >= 4 is 79.9 Å². The lowest BCUT2D eigenvalue weighted by atomic mass is 10.2. The van der Waals surface area contributed by atoms with Crippen molar-refractivity contribution in [3.05, 3.63) is 106 Å². The van der Waals surface area contributed by atoms with Crippen molar-refractivity contribution in [2.45, 2.75) is 13.2 Å². The maximum Gasteiger partial charge on any atom is 0.293 e. The summed E-state index contributed by atoms with van der Waals surface area (Å²) in [6.45, 7) is 0.509. The summed E-state index contributed by atoms with van der Waals surface area (Å²) < 4.78 is 7.81. The van der Waals surface area contributed by atoms with Crippen LogP contribution in [0.1, 0.15) is 16.7 Å². The van der Waals surface area contributed by atoms with Gasteiger partial charge in [0.2, 0.25) is 0 Å². The van der Waals surface area contributed by atoms with Gasteiger partial charge in [-0.1, -0.05) is 42.5 Å². The van der Waals surface area contributed by atoms with Crippen molar-refractivity contribution in [2.75, 3.05) is 0 Å². The zero-order chi connectivity index (χ0) is 24.2. The van der Waals surface area contributed by atoms with Crippen LogP contribution in [0.5, 0.6) is 5.75 Å². The van der Waals surface area contributed by atoms with E-state index in [1.807, 2.05) is 42.5 Å². The lowest BCUT2D eigenvalue weighted by Crippen LogP contribution is -2.27. The van der Waals surface area contributed by atoms with Crippen LogP contribution in [0.4, 0.5) is 10.5 Å². The normalized spacial score (nSPS) is 14.6. The van der Waals surface area contributed by atoms with Crippen molar-refractivity contribution < 1.29 is 19.2 Å². The molecule has 1 heterocycles. The lowest BCUT2D eigenvalue weighted by Gasteiger charge is -2.12. The molecule has 3 aromatic rings. The van der Waals surface area contributed by atoms with Gasteiger partial charge in [-0.2, -0.15) is 0 Å². The van der Waals surface area contributed by atoms with Gasteiger partial charge in [0.05, 0.1) is 23.5 Å². The zero-order valence-corrected chi connectivity index (χ0v) is 22.6. The van der Waals surface area contributed by atoms with Gasteiger partial charge in [-0.15, -0.1) is 0 Å². The van der Waals surface area contributed by atoms with Crippen molar-refractivity contribution in [2.24, 2.45) is 0 Å². The average Bonchev–Trinajstić information content (AvgIpc) is 3.07. The molecule has 10 heteroatoms. The number of nitro groups is 1. The summed E-state index contributed by atoms with van der Waals surface area (Å²) in [5, 5.41) is 10.4. The number of imide groups is 1. The maximum absolute atomic E-state index is 12.9. The molecule has 34 heavy (non-hydrogen) atoms. The maximum atomic E-state index is 12.9. The summed E-state index contributed by atoms with van der Waals surface area (Å²) >= 11 is 5.28. The van der Waals surface area contributed by atoms with Crippen molar-refractivity contribution in [1.29, 1.82) is 0 Å². The van der Waals surface area contributed by atoms with Crippen LogP contribution in [0.3, 0.4) is 0 Å². The number of hydrogen-bond donors (Lipinski definition) is 0. The number of non-ortho nitro benzene ring substituents is 1. The van der Waals surface area contributed by atoms with E-state index in [2.05, 4.69) is 45.2 Å². The van der Waals surface area contributed by atoms with Gasteiger partial charge >= 0.3 is 0 Å². The highest BCUT2D eigenvalue weighted by atomic mass is 127. The molecule has 1 fully saturated rings. The first-order valence-electron chi connectivity index (χ1n) is 9.96. The third kappa shape index (κ3) is 5.78. The molecule has 3 aromatic carbocycles. The number of carbonyl (C=O) groups is 2. The fourth-order valence-electron chi connectivity index (χ4n) is 3.22. The Morgan fingerprint density at radius 2 is 1.62 bits per heavy atom. The Labute approximate surface area is 227 Å². The molecule has 0 radical (unpaired) electrons. The predicted molar refractivity (Wildman–Crippen MR) is 147 cm³/mol. The minimum Gasteiger partial charge on any atom is -0.487 e. The van der Waals surface area contributed by atoms with Gasteiger partial charge in [0.15, 0.2) is 0 Å². The number of carbonyl (C=O) groups excluding carboxylic acids is 2. The van der Waals surface area contributed by atoms with E-state index in [1.54, 1.807) is 18.2 Å². The molecule has 0 aliphatic carbocycles. The fraction of sp³-hybridized carbons (Fsp3) is 0.0833. The Hall–Kier alpha value is -2.45. The molecular weight excluding hydrogens is 682 g/mol. The van der Waals surface area contributed by atoms with Crippen LogP contribution in [0.2, 0.25) is 0 Å². The topological polar surface area (TPSA) is 89.8 Å². The number of benzene rings is 3. The van der Waals surface area contributed by atoms with E-state index in [4.69, 9.17) is 4.74 Å². The Morgan fingerprint density at radius 3 is 2.24 bits per heavy atom. The quantitative estimate of drug-likeness (QED) is 0.119. The van der Waals surface area contributed by atoms with Crippen molar-refractivity contribution in [3.63, 3.8) is 0 Å². The summed E-state index contributed by atoms with van der Waals surface area (Å²) in [5.41, 5.74) is 2.46. The highest BCUT2D eigenvalue weighted by molar-refractivity contribution is 14.1. The van der Waals surface area contributed by atoms with Crippen LogP contribution in [0.15, 0.2) is 71.6 Å². The highest BCUT2D eigenvalue weighted by Crippen LogP contribution is 2.35. The molecule has 0 aromatic heterocycles. The largest absolute Gasteiger partial charge is 0.487 e. The minimum absolute atomic E-state index is 0.0433. The molecule has 0 atom stereocenters. The summed E-state index contributed by atoms with van der Waals surface area (Å²) in [6.07, 6.45) is 1.70. The molecule has 7 nitrogen and oxygen atoms in total. The number of nitrogens with zero attached hydrogens (tertiary/aromatic N) is 2. The van der Waals surface area contributed by atoms with Gasteiger partial charge in [-0.25, -0.2) is 0 Å². The molecule has 1 aliphatic heterocycles. The van der Waals surface area contributed by atoms with E-state index in [9.17, 15) is 19.7 Å². The summed E-state index contributed by atoms with van der Waals surface area (Å²) in [5.74, 6) is 0.385. The van der Waals surface area contributed by atoms with E-state index < -0.39 is 4.92 Å². The second-order valence-corrected chi connectivity index (χ2v) is 10.6. The zero-order valence-electron chi connectivity index (χ0n) is 17.4. The molecule has 2 amide bonds. The van der Waals surface area contributed by atoms with E-state index in [1.165, 1.54) is 12.1 Å². The van der Waals surface area contributed by atoms with E-state index in [-0.39, 0.29) is 23.4 Å². The Morgan fingerprint density at radius 1 is 0.971 bits per heavy atom. The van der Waals surface area contributed by atoms with Gasteiger partial charge in [0.25, 0.3) is 16.8 Å². The van der Waals surface area contributed by atoms with Crippen LogP contribution < -0.4 is 4.74 Å². The number of nitro benzene ring substituents is 1. The van der Waals surface area contributed by atoms with Gasteiger partial charge in [0, 0.05) is 12.1 Å². The third-order valence-corrected chi connectivity index (χ3v) is 7.42. The summed E-state index contributed by atoms with van der Waals surface area (Å²) in [7, 11) is 0. The molecule has 0 bridgehead atoms. The SMILES string of the molecule is O=C1S/C(=C/c2cc(I)c(OCc3ccccc3)c(I)c2)C(=O)N1Cc1ccc([N+](=O)[O-])cc1. The lowest BCUT2D eigenvalue weighted by molar-refractivity contribution is -0.384. The summed E-state index contributed by atoms with van der Waals surface area (Å²) in [6, 6.07) is 19.5. The van der Waals surface area contributed by atoms with Crippen molar-refractivity contribution in [1.82, 2.24) is 4.90 Å². The predicted octanol–water partition coefficient (Wildman–Crippen LogP) is 6.62. The number of hydrogen-bond acceptors (Lipinski definition) is 6. The molecule has 4 rings (SSSR count). The van der Waals surface area contributed by atoms with Gasteiger partial charge in [0.1, 0.15) is 12.4 Å². The third-order valence-electron chi connectivity index (χ3n) is 4.91. The van der Waals surface area contributed by atoms with E-state index in [0.29, 0.717) is 17.1 Å². The molecule has 1 saturated heterocycles. The van der Waals surface area contributed by atoms with Crippen LogP contribution >= 0.6 is 56.9 Å². The van der Waals surface area contributed by atoms with Gasteiger partial charge in [-0.3, -0.25) is 24.6 Å². The highest BCUT2D eigenvalue weighted by Gasteiger charge is 2.35. The number of rotatable bonds is 7. The Kier molecular flexibility index (Phi) is 7.88. The first kappa shape index (κ1) is 24.7. The van der Waals surface area contributed by atoms with Gasteiger partial charge in [-0.05, 0) is 91.8 Å². The van der Waals surface area contributed by atoms with Crippen LogP contribution in [0.25, 0.3) is 6.08 Å². The van der Waals surface area contributed by atoms with Crippen LogP contribution in [-0.2, 0) is 17.9 Å². The number of thioether (sulfide) groups is 1. The minimum atomic E-state index is -0.493. The second-order valence-electron chi connectivity index (χ2n) is 7.28. The molecule has 1 aliphatic rings. The molecule has 0 spiro atoms. The standard InChI is InChI=1S/C24H16I2N2O5S/c25-19-10-17(11-20(26)22(19)33-14-16-4-2-1-3-5-16)12-21-23(29)27(24(30)34-21)13-15-6-8-18(9-7-15)28(31)32/h1-12H,13-14H2/b21-12+. The van der Waals surface area contributed by atoms with E-state index in [0.717, 1.165) is 40.7 Å².